The molecule has 188 valence electrons. The van der Waals surface area contributed by atoms with Gasteiger partial charge in [0.1, 0.15) is 17.6 Å². The first kappa shape index (κ1) is 31.7. The second-order valence-corrected chi connectivity index (χ2v) is 9.89. The topological polar surface area (TPSA) is 93.6 Å². The van der Waals surface area contributed by atoms with E-state index in [1.807, 2.05) is 78.9 Å². The average molecular weight is 646 g/mol. The van der Waals surface area contributed by atoms with Gasteiger partial charge in [0.25, 0.3) is 0 Å². The molecule has 0 bridgehead atoms. The van der Waals surface area contributed by atoms with Crippen LogP contribution >= 0.6 is 31.9 Å². The number of carbonyl (C=O) groups excluding carboxylic acids is 2. The number of hydrogen-bond acceptors (Lipinski definition) is 5. The van der Waals surface area contributed by atoms with E-state index in [0.29, 0.717) is 17.7 Å². The molecule has 1 unspecified atom stereocenters. The molecule has 1 atom stereocenters. The number of halogens is 2. The van der Waals surface area contributed by atoms with Crippen molar-refractivity contribution < 1.29 is 54.5 Å². The Morgan fingerprint density at radius 1 is 0.868 bits per heavy atom. The van der Waals surface area contributed by atoms with Crippen LogP contribution in [-0.4, -0.2) is 22.1 Å². The van der Waals surface area contributed by atoms with Gasteiger partial charge in [-0.1, -0.05) is 98.6 Å². The van der Waals surface area contributed by atoms with E-state index in [1.54, 1.807) is 18.2 Å². The maximum absolute atomic E-state index is 12.1. The fourth-order valence-electron chi connectivity index (χ4n) is 3.68. The molecule has 1 aliphatic rings. The van der Waals surface area contributed by atoms with E-state index in [1.165, 1.54) is 12.1 Å². The van der Waals surface area contributed by atoms with Gasteiger partial charge in [-0.2, -0.15) is 0 Å². The van der Waals surface area contributed by atoms with Gasteiger partial charge in [0.2, 0.25) is 0 Å². The number of aromatic hydroxyl groups is 1. The number of rotatable bonds is 4. The molecule has 4 aromatic rings. The summed E-state index contributed by atoms with van der Waals surface area (Å²) < 4.78 is 7.56. The van der Waals surface area contributed by atoms with E-state index in [2.05, 4.69) is 31.9 Å². The van der Waals surface area contributed by atoms with Gasteiger partial charge in [0, 0.05) is 8.95 Å². The summed E-state index contributed by atoms with van der Waals surface area (Å²) in [5.74, 6) is 0.563. The number of phenols is 1. The Morgan fingerprint density at radius 2 is 1.47 bits per heavy atom. The van der Waals surface area contributed by atoms with Crippen LogP contribution in [0.4, 0.5) is 0 Å². The Kier molecular flexibility index (Phi) is 12.7. The van der Waals surface area contributed by atoms with Crippen molar-refractivity contribution >= 4 is 49.5 Å². The number of ketones is 2. The van der Waals surface area contributed by atoms with Crippen molar-refractivity contribution in [3.63, 3.8) is 0 Å². The predicted octanol–water partition coefficient (Wildman–Crippen LogP) is 5.03. The van der Waals surface area contributed by atoms with Crippen molar-refractivity contribution in [1.82, 2.24) is 0 Å². The monoisotopic (exact) mass is 644 g/mol. The standard InChI is InChI=1S/2C15H11BrO2.Na.H2O/c16-11-6-7-14-12(8-11)13(17)9-15(18-14)10-4-2-1-3-5-10;16-12-7-9-15(18)13(10-12)14(17)8-6-11-4-2-1-3-5-11;;/h1-8,15H,9H2;1-10,18H;;1H2/q;;+1;/p-1/b;8-6+;;. The third-order valence-corrected chi connectivity index (χ3v) is 6.49. The maximum Gasteiger partial charge on any atom is 1.00 e. The Hall–Kier alpha value is -2.52. The minimum Gasteiger partial charge on any atom is -0.870 e. The zero-order chi connectivity index (χ0) is 25.5. The molecule has 0 saturated carbocycles. The number of Topliss-reactive ketones (excluding diaryl/α,β-unsaturated/α-hetero) is 1. The minimum atomic E-state index is -0.224. The van der Waals surface area contributed by atoms with Gasteiger partial charge in [-0.15, -0.1) is 0 Å². The van der Waals surface area contributed by atoms with Crippen LogP contribution in [0.15, 0.2) is 112 Å². The molecule has 38 heavy (non-hydrogen) atoms. The van der Waals surface area contributed by atoms with E-state index in [4.69, 9.17) is 4.74 Å². The largest absolute Gasteiger partial charge is 1.00 e. The SMILES string of the molecule is O=C(/C=C/c1ccccc1)c1cc(Br)ccc1O.O=C1CC(c2ccccc2)Oc2ccc(Br)cc21.[Na+].[OH-]. The molecule has 0 radical (unpaired) electrons. The molecule has 0 amide bonds. The van der Waals surface area contributed by atoms with E-state index < -0.39 is 0 Å². The number of ether oxygens (including phenoxy) is 1. The molecule has 1 aliphatic heterocycles. The molecular weight excluding hydrogens is 623 g/mol. The normalized spacial score (nSPS) is 13.6. The average Bonchev–Trinajstić information content (AvgIpc) is 2.90. The third kappa shape index (κ3) is 8.50. The number of fused-ring (bicyclic) bond motifs is 1. The van der Waals surface area contributed by atoms with E-state index >= 15 is 0 Å². The second-order valence-electron chi connectivity index (χ2n) is 8.05. The summed E-state index contributed by atoms with van der Waals surface area (Å²) in [5.41, 5.74) is 2.94. The van der Waals surface area contributed by atoms with Crippen molar-refractivity contribution in [2.24, 2.45) is 0 Å². The summed E-state index contributed by atoms with van der Waals surface area (Å²) in [4.78, 5) is 24.0. The van der Waals surface area contributed by atoms with Gasteiger partial charge >= 0.3 is 29.6 Å². The van der Waals surface area contributed by atoms with Crippen LogP contribution in [0.5, 0.6) is 11.5 Å². The molecule has 5 rings (SSSR count). The van der Waals surface area contributed by atoms with Crippen molar-refractivity contribution in [3.05, 3.63) is 134 Å². The number of carbonyl (C=O) groups is 2. The summed E-state index contributed by atoms with van der Waals surface area (Å²) >= 11 is 6.64. The Balaban J connectivity index is 0.000000253. The molecule has 0 spiro atoms. The molecule has 0 saturated heterocycles. The number of hydrogen-bond donors (Lipinski definition) is 1. The van der Waals surface area contributed by atoms with Crippen molar-refractivity contribution in [2.45, 2.75) is 12.5 Å². The van der Waals surface area contributed by atoms with Crippen LogP contribution in [0.1, 0.15) is 44.4 Å². The van der Waals surface area contributed by atoms with Crippen LogP contribution in [0.3, 0.4) is 0 Å². The summed E-state index contributed by atoms with van der Waals surface area (Å²) in [5, 5.41) is 9.63. The summed E-state index contributed by atoms with van der Waals surface area (Å²) in [6.07, 6.45) is 3.40. The summed E-state index contributed by atoms with van der Waals surface area (Å²) in [6.45, 7) is 0. The molecule has 1 heterocycles. The number of allylic oxidation sites excluding steroid dienone is 1. The van der Waals surface area contributed by atoms with Gasteiger partial charge in [0.05, 0.1) is 17.5 Å². The minimum absolute atomic E-state index is 0. The Bertz CT molecular complexity index is 1410. The van der Waals surface area contributed by atoms with Gasteiger partial charge < -0.3 is 15.3 Å². The molecule has 2 N–H and O–H groups in total. The van der Waals surface area contributed by atoms with Crippen LogP contribution in [0.25, 0.3) is 6.08 Å². The smallest absolute Gasteiger partial charge is 0.870 e. The molecule has 0 fully saturated rings. The van der Waals surface area contributed by atoms with Gasteiger partial charge in [-0.3, -0.25) is 9.59 Å². The molecule has 8 heteroatoms. The zero-order valence-electron chi connectivity index (χ0n) is 20.6. The first-order valence-electron chi connectivity index (χ1n) is 11.2. The summed E-state index contributed by atoms with van der Waals surface area (Å²) in [7, 11) is 0. The first-order valence-corrected chi connectivity index (χ1v) is 12.8. The van der Waals surface area contributed by atoms with E-state index in [0.717, 1.165) is 20.1 Å². The predicted molar refractivity (Wildman–Crippen MR) is 150 cm³/mol. The van der Waals surface area contributed by atoms with Crippen molar-refractivity contribution in [1.29, 1.82) is 0 Å². The van der Waals surface area contributed by atoms with Gasteiger partial charge in [0.15, 0.2) is 11.6 Å². The van der Waals surface area contributed by atoms with Crippen molar-refractivity contribution in [3.8, 4) is 11.5 Å². The van der Waals surface area contributed by atoms with E-state index in [9.17, 15) is 14.7 Å². The van der Waals surface area contributed by atoms with Gasteiger partial charge in [-0.25, -0.2) is 0 Å². The Labute approximate surface area is 260 Å². The van der Waals surface area contributed by atoms with Crippen molar-refractivity contribution in [2.75, 3.05) is 0 Å². The molecule has 5 nitrogen and oxygen atoms in total. The van der Waals surface area contributed by atoms with Crippen LogP contribution < -0.4 is 34.3 Å². The fraction of sp³-hybridized carbons (Fsp3) is 0.0667. The van der Waals surface area contributed by atoms with Gasteiger partial charge in [-0.05, 0) is 53.6 Å². The quantitative estimate of drug-likeness (QED) is 0.191. The number of benzene rings is 4. The number of phenolic OH excluding ortho intramolecular Hbond substituents is 1. The maximum atomic E-state index is 12.1. The molecule has 0 aliphatic carbocycles. The molecule has 0 aromatic heterocycles. The fourth-order valence-corrected chi connectivity index (χ4v) is 4.40. The zero-order valence-corrected chi connectivity index (χ0v) is 25.7. The van der Waals surface area contributed by atoms with E-state index in [-0.39, 0.29) is 64.0 Å². The van der Waals surface area contributed by atoms with Crippen LogP contribution in [0.2, 0.25) is 0 Å². The molecule has 4 aromatic carbocycles. The summed E-state index contributed by atoms with van der Waals surface area (Å²) in [6, 6.07) is 29.7. The Morgan fingerprint density at radius 3 is 2.16 bits per heavy atom. The third-order valence-electron chi connectivity index (χ3n) is 5.50. The molecular formula is C30H23Br2NaO5. The van der Waals surface area contributed by atoms with Crippen LogP contribution in [-0.2, 0) is 0 Å². The second kappa shape index (κ2) is 15.2. The van der Waals surface area contributed by atoms with Crippen LogP contribution in [0, 0.1) is 0 Å². The first-order chi connectivity index (χ1) is 17.4.